The maximum absolute atomic E-state index is 12.0. The molecule has 2 aromatic rings. The van der Waals surface area contributed by atoms with Crippen molar-refractivity contribution in [2.24, 2.45) is 0 Å². The van der Waals surface area contributed by atoms with Gasteiger partial charge < -0.3 is 10.6 Å². The number of amides is 2. The fourth-order valence-corrected chi connectivity index (χ4v) is 2.40. The summed E-state index contributed by atoms with van der Waals surface area (Å²) in [6.45, 7) is 1.99. The lowest BCUT2D eigenvalue weighted by Crippen LogP contribution is -2.36. The van der Waals surface area contributed by atoms with E-state index in [9.17, 15) is 4.79 Å². The third-order valence-corrected chi connectivity index (χ3v) is 3.62. The molecule has 0 bridgehead atoms. The van der Waals surface area contributed by atoms with Gasteiger partial charge in [-0.2, -0.15) is 5.26 Å². The molecule has 0 aromatic heterocycles. The van der Waals surface area contributed by atoms with Gasteiger partial charge >= 0.3 is 6.03 Å². The van der Waals surface area contributed by atoms with Crippen LogP contribution >= 0.6 is 0 Å². The Morgan fingerprint density at radius 1 is 1.13 bits per heavy atom. The van der Waals surface area contributed by atoms with Crippen LogP contribution in [0.25, 0.3) is 0 Å². The molecule has 0 heterocycles. The number of nitriles is 1. The molecule has 2 amide bonds. The van der Waals surface area contributed by atoms with E-state index < -0.39 is 0 Å². The second-order valence-electron chi connectivity index (χ2n) is 5.53. The van der Waals surface area contributed by atoms with Gasteiger partial charge in [0, 0.05) is 6.04 Å². The number of para-hydroxylation sites is 1. The molecule has 23 heavy (non-hydrogen) atoms. The van der Waals surface area contributed by atoms with Crippen molar-refractivity contribution in [1.82, 2.24) is 5.32 Å². The number of rotatable bonds is 6. The van der Waals surface area contributed by atoms with Crippen molar-refractivity contribution in [2.75, 3.05) is 5.32 Å². The maximum atomic E-state index is 12.0. The molecule has 2 rings (SSSR count). The average molecular weight is 307 g/mol. The second kappa shape index (κ2) is 8.60. The zero-order valence-corrected chi connectivity index (χ0v) is 13.3. The number of aryl methyl sites for hydroxylation is 1. The number of carbonyl (C=O) groups excluding carboxylic acids is 1. The quantitative estimate of drug-likeness (QED) is 0.844. The first kappa shape index (κ1) is 16.6. The highest BCUT2D eigenvalue weighted by Gasteiger charge is 2.09. The molecule has 0 aliphatic heterocycles. The number of nitrogens with one attached hydrogen (secondary N) is 2. The van der Waals surface area contributed by atoms with E-state index >= 15 is 0 Å². The highest BCUT2D eigenvalue weighted by atomic mass is 16.2. The molecule has 2 aromatic carbocycles. The molecule has 118 valence electrons. The van der Waals surface area contributed by atoms with E-state index in [2.05, 4.69) is 28.8 Å². The summed E-state index contributed by atoms with van der Waals surface area (Å²) in [5, 5.41) is 14.7. The predicted molar refractivity (Wildman–Crippen MR) is 92.2 cm³/mol. The first-order chi connectivity index (χ1) is 11.2. The summed E-state index contributed by atoms with van der Waals surface area (Å²) in [6.07, 6.45) is 2.92. The molecule has 0 fully saturated rings. The minimum absolute atomic E-state index is 0.0768. The normalized spacial score (nSPS) is 11.3. The molecule has 0 spiro atoms. The number of anilines is 1. The van der Waals surface area contributed by atoms with Crippen LogP contribution in [0, 0.1) is 11.3 Å². The van der Waals surface area contributed by atoms with Gasteiger partial charge in [0.2, 0.25) is 0 Å². The summed E-state index contributed by atoms with van der Waals surface area (Å²) < 4.78 is 0. The summed E-state index contributed by atoms with van der Waals surface area (Å²) in [4.78, 5) is 12.0. The van der Waals surface area contributed by atoms with Gasteiger partial charge in [-0.15, -0.1) is 0 Å². The van der Waals surface area contributed by atoms with Crippen molar-refractivity contribution in [2.45, 2.75) is 32.2 Å². The van der Waals surface area contributed by atoms with Gasteiger partial charge in [0.25, 0.3) is 0 Å². The Morgan fingerprint density at radius 3 is 2.57 bits per heavy atom. The number of nitrogens with zero attached hydrogens (tertiary/aromatic N) is 1. The van der Waals surface area contributed by atoms with Crippen LogP contribution in [-0.4, -0.2) is 12.1 Å². The van der Waals surface area contributed by atoms with Crippen molar-refractivity contribution in [3.63, 3.8) is 0 Å². The third-order valence-electron chi connectivity index (χ3n) is 3.62. The second-order valence-corrected chi connectivity index (χ2v) is 5.53. The molecule has 4 heteroatoms. The first-order valence-corrected chi connectivity index (χ1v) is 7.79. The van der Waals surface area contributed by atoms with Gasteiger partial charge in [-0.25, -0.2) is 4.79 Å². The van der Waals surface area contributed by atoms with Crippen LogP contribution in [0.4, 0.5) is 10.5 Å². The Morgan fingerprint density at radius 2 is 1.83 bits per heavy atom. The van der Waals surface area contributed by atoms with Gasteiger partial charge in [-0.1, -0.05) is 42.5 Å². The van der Waals surface area contributed by atoms with E-state index in [1.165, 1.54) is 5.56 Å². The predicted octanol–water partition coefficient (Wildman–Crippen LogP) is 4.09. The van der Waals surface area contributed by atoms with Crippen molar-refractivity contribution in [3.8, 4) is 6.07 Å². The zero-order valence-electron chi connectivity index (χ0n) is 13.3. The molecular formula is C19H21N3O. The lowest BCUT2D eigenvalue weighted by atomic mass is 10.1. The monoisotopic (exact) mass is 307 g/mol. The van der Waals surface area contributed by atoms with Crippen LogP contribution in [0.1, 0.15) is 30.9 Å². The highest BCUT2D eigenvalue weighted by Crippen LogP contribution is 2.13. The number of urea groups is 1. The topological polar surface area (TPSA) is 64.9 Å². The van der Waals surface area contributed by atoms with Crippen LogP contribution in [0.2, 0.25) is 0 Å². The van der Waals surface area contributed by atoms with E-state index in [1.54, 1.807) is 24.3 Å². The van der Waals surface area contributed by atoms with E-state index in [0.717, 1.165) is 19.3 Å². The molecule has 0 saturated carbocycles. The zero-order chi connectivity index (χ0) is 16.5. The molecule has 0 aliphatic rings. The molecular weight excluding hydrogens is 286 g/mol. The van der Waals surface area contributed by atoms with E-state index in [-0.39, 0.29) is 12.1 Å². The summed E-state index contributed by atoms with van der Waals surface area (Å²) >= 11 is 0. The summed E-state index contributed by atoms with van der Waals surface area (Å²) in [6, 6.07) is 19.1. The SMILES string of the molecule is CC(CCCc1ccccc1)NC(=O)Nc1ccccc1C#N. The summed E-state index contributed by atoms with van der Waals surface area (Å²) in [5.74, 6) is 0. The van der Waals surface area contributed by atoms with Crippen molar-refractivity contribution >= 4 is 11.7 Å². The largest absolute Gasteiger partial charge is 0.335 e. The third kappa shape index (κ3) is 5.48. The van der Waals surface area contributed by atoms with Crippen LogP contribution in [-0.2, 0) is 6.42 Å². The highest BCUT2D eigenvalue weighted by molar-refractivity contribution is 5.90. The van der Waals surface area contributed by atoms with Crippen LogP contribution < -0.4 is 10.6 Å². The van der Waals surface area contributed by atoms with Gasteiger partial charge in [0.05, 0.1) is 11.3 Å². The number of hydrogen-bond acceptors (Lipinski definition) is 2. The molecule has 1 unspecified atom stereocenters. The number of benzene rings is 2. The Hall–Kier alpha value is -2.80. The Bertz CT molecular complexity index is 677. The Balaban J connectivity index is 1.75. The molecule has 0 radical (unpaired) electrons. The first-order valence-electron chi connectivity index (χ1n) is 7.79. The molecule has 1 atom stereocenters. The minimum Gasteiger partial charge on any atom is -0.335 e. The average Bonchev–Trinajstić information content (AvgIpc) is 2.56. The van der Waals surface area contributed by atoms with Gasteiger partial charge in [0.1, 0.15) is 6.07 Å². The molecule has 4 nitrogen and oxygen atoms in total. The lowest BCUT2D eigenvalue weighted by molar-refractivity contribution is 0.248. The number of carbonyl (C=O) groups is 1. The summed E-state index contributed by atoms with van der Waals surface area (Å²) in [7, 11) is 0. The lowest BCUT2D eigenvalue weighted by Gasteiger charge is -2.15. The molecule has 0 aliphatic carbocycles. The number of hydrogen-bond donors (Lipinski definition) is 2. The van der Waals surface area contributed by atoms with Crippen molar-refractivity contribution in [1.29, 1.82) is 5.26 Å². The van der Waals surface area contributed by atoms with Gasteiger partial charge in [-0.05, 0) is 43.9 Å². The van der Waals surface area contributed by atoms with E-state index in [4.69, 9.17) is 5.26 Å². The van der Waals surface area contributed by atoms with Gasteiger partial charge in [0.15, 0.2) is 0 Å². The summed E-state index contributed by atoms with van der Waals surface area (Å²) in [5.41, 5.74) is 2.30. The fourth-order valence-electron chi connectivity index (χ4n) is 2.40. The van der Waals surface area contributed by atoms with Crippen molar-refractivity contribution < 1.29 is 4.79 Å². The van der Waals surface area contributed by atoms with Crippen LogP contribution in [0.15, 0.2) is 54.6 Å². The standard InChI is InChI=1S/C19H21N3O/c1-15(8-7-11-16-9-3-2-4-10-16)21-19(23)22-18-13-6-5-12-17(18)14-20/h2-6,9-10,12-13,15H,7-8,11H2,1H3,(H2,21,22,23). The van der Waals surface area contributed by atoms with E-state index in [1.807, 2.05) is 25.1 Å². The van der Waals surface area contributed by atoms with E-state index in [0.29, 0.717) is 11.3 Å². The Kier molecular flexibility index (Phi) is 6.19. The fraction of sp³-hybridized carbons (Fsp3) is 0.263. The molecule has 2 N–H and O–H groups in total. The van der Waals surface area contributed by atoms with Crippen LogP contribution in [0.5, 0.6) is 0 Å². The maximum Gasteiger partial charge on any atom is 0.319 e. The smallest absolute Gasteiger partial charge is 0.319 e. The van der Waals surface area contributed by atoms with Gasteiger partial charge in [-0.3, -0.25) is 0 Å². The molecule has 0 saturated heterocycles. The van der Waals surface area contributed by atoms with Crippen LogP contribution in [0.3, 0.4) is 0 Å². The van der Waals surface area contributed by atoms with Crippen molar-refractivity contribution in [3.05, 3.63) is 65.7 Å². The Labute approximate surface area is 137 Å². The minimum atomic E-state index is -0.278.